The highest BCUT2D eigenvalue weighted by atomic mass is 79.9. The number of halogens is 5. The molecule has 0 N–H and O–H groups in total. The summed E-state index contributed by atoms with van der Waals surface area (Å²) in [7, 11) is 0. The number of aromatic nitrogens is 3. The second-order valence-corrected chi connectivity index (χ2v) is 5.43. The predicted molar refractivity (Wildman–Crippen MR) is 68.1 cm³/mol. The van der Waals surface area contributed by atoms with E-state index in [9.17, 15) is 13.2 Å². The van der Waals surface area contributed by atoms with Gasteiger partial charge >= 0.3 is 6.18 Å². The van der Waals surface area contributed by atoms with Crippen LogP contribution in [0.2, 0.25) is 5.15 Å². The third kappa shape index (κ3) is 3.58. The topological polar surface area (TPSA) is 38.7 Å². The summed E-state index contributed by atoms with van der Waals surface area (Å²) in [6.07, 6.45) is -2.35. The van der Waals surface area contributed by atoms with E-state index in [-0.39, 0.29) is 5.15 Å². The maximum Gasteiger partial charge on any atom is 0.417 e. The van der Waals surface area contributed by atoms with Crippen LogP contribution in [0.1, 0.15) is 5.56 Å². The van der Waals surface area contributed by atoms with E-state index in [0.29, 0.717) is 14.5 Å². The number of hydrogen-bond donors (Lipinski definition) is 0. The van der Waals surface area contributed by atoms with Gasteiger partial charge in [-0.3, -0.25) is 0 Å². The number of rotatable bonds is 2. The van der Waals surface area contributed by atoms with E-state index < -0.39 is 11.7 Å². The third-order valence-electron chi connectivity index (χ3n) is 1.98. The Balaban J connectivity index is 2.23. The molecule has 0 saturated carbocycles. The van der Waals surface area contributed by atoms with Crippen LogP contribution in [0, 0.1) is 0 Å². The lowest BCUT2D eigenvalue weighted by Gasteiger charge is -2.07. The number of hydrogen-bond acceptors (Lipinski definition) is 4. The summed E-state index contributed by atoms with van der Waals surface area (Å²) in [4.78, 5) is 11.4. The smallest absolute Gasteiger partial charge is 0.249 e. The molecule has 0 aromatic carbocycles. The minimum absolute atomic E-state index is 0.226. The summed E-state index contributed by atoms with van der Waals surface area (Å²) in [6, 6.07) is 2.24. The highest BCUT2D eigenvalue weighted by Crippen LogP contribution is 2.35. The molecule has 2 aromatic heterocycles. The van der Waals surface area contributed by atoms with Crippen molar-refractivity contribution in [2.24, 2.45) is 0 Å². The third-order valence-corrected chi connectivity index (χ3v) is 4.46. The Bertz CT molecular complexity index is 592. The number of nitrogens with zero attached hydrogens (tertiary/aromatic N) is 3. The standard InChI is InChI=1S/C10H4BrClF3N3S/c11-7-8(12)17-4-18-9(7)19-6-2-1-5(3-16-6)10(13,14)15/h1-4H. The molecule has 0 saturated heterocycles. The van der Waals surface area contributed by atoms with Crippen LogP contribution in [-0.2, 0) is 6.18 Å². The first-order chi connectivity index (χ1) is 8.88. The van der Waals surface area contributed by atoms with Gasteiger partial charge in [0.2, 0.25) is 0 Å². The first kappa shape index (κ1) is 14.5. The van der Waals surface area contributed by atoms with Crippen molar-refractivity contribution in [3.8, 4) is 0 Å². The summed E-state index contributed by atoms with van der Waals surface area (Å²) >= 11 is 10.1. The SMILES string of the molecule is FC(F)(F)c1ccc(Sc2ncnc(Cl)c2Br)nc1. The normalized spacial score (nSPS) is 11.6. The van der Waals surface area contributed by atoms with Crippen molar-refractivity contribution in [3.05, 3.63) is 39.8 Å². The minimum Gasteiger partial charge on any atom is -0.249 e. The zero-order valence-electron chi connectivity index (χ0n) is 8.95. The Morgan fingerprint density at radius 2 is 1.89 bits per heavy atom. The van der Waals surface area contributed by atoms with Crippen LogP contribution in [-0.4, -0.2) is 15.0 Å². The van der Waals surface area contributed by atoms with E-state index in [1.165, 1.54) is 12.4 Å². The number of alkyl halides is 3. The zero-order chi connectivity index (χ0) is 14.0. The van der Waals surface area contributed by atoms with Gasteiger partial charge in [0.25, 0.3) is 0 Å². The van der Waals surface area contributed by atoms with E-state index in [2.05, 4.69) is 30.9 Å². The molecule has 0 amide bonds. The van der Waals surface area contributed by atoms with Crippen LogP contribution < -0.4 is 0 Å². The maximum atomic E-state index is 12.4. The molecule has 0 aliphatic heterocycles. The molecular formula is C10H4BrClF3N3S. The Hall–Kier alpha value is -0.860. The van der Waals surface area contributed by atoms with Gasteiger partial charge in [-0.25, -0.2) is 15.0 Å². The van der Waals surface area contributed by atoms with Gasteiger partial charge < -0.3 is 0 Å². The minimum atomic E-state index is -4.39. The van der Waals surface area contributed by atoms with Gasteiger partial charge in [0.05, 0.1) is 10.0 Å². The van der Waals surface area contributed by atoms with Crippen molar-refractivity contribution in [1.29, 1.82) is 0 Å². The molecule has 0 radical (unpaired) electrons. The van der Waals surface area contributed by atoms with E-state index >= 15 is 0 Å². The van der Waals surface area contributed by atoms with Crippen molar-refractivity contribution in [3.63, 3.8) is 0 Å². The van der Waals surface area contributed by atoms with Crippen LogP contribution in [0.5, 0.6) is 0 Å². The first-order valence-electron chi connectivity index (χ1n) is 4.75. The average molecular weight is 371 g/mol. The van der Waals surface area contributed by atoms with Crippen molar-refractivity contribution in [2.45, 2.75) is 16.2 Å². The Morgan fingerprint density at radius 1 is 1.16 bits per heavy atom. The summed E-state index contributed by atoms with van der Waals surface area (Å²) in [5, 5.41) is 1.08. The van der Waals surface area contributed by atoms with Gasteiger partial charge in [-0.2, -0.15) is 13.2 Å². The lowest BCUT2D eigenvalue weighted by atomic mass is 10.3. The van der Waals surface area contributed by atoms with Crippen LogP contribution >= 0.6 is 39.3 Å². The fraction of sp³-hybridized carbons (Fsp3) is 0.100. The lowest BCUT2D eigenvalue weighted by Crippen LogP contribution is -2.05. The highest BCUT2D eigenvalue weighted by molar-refractivity contribution is 9.10. The largest absolute Gasteiger partial charge is 0.417 e. The molecule has 0 fully saturated rings. The van der Waals surface area contributed by atoms with Gasteiger partial charge in [0, 0.05) is 6.20 Å². The molecule has 0 aliphatic carbocycles. The molecule has 0 aliphatic rings. The highest BCUT2D eigenvalue weighted by Gasteiger charge is 2.30. The quantitative estimate of drug-likeness (QED) is 0.732. The summed E-state index contributed by atoms with van der Waals surface area (Å²) in [5.74, 6) is 0. The van der Waals surface area contributed by atoms with Gasteiger partial charge in [0.15, 0.2) is 0 Å². The van der Waals surface area contributed by atoms with Crippen LogP contribution in [0.3, 0.4) is 0 Å². The summed E-state index contributed by atoms with van der Waals surface area (Å²) < 4.78 is 37.6. The zero-order valence-corrected chi connectivity index (χ0v) is 12.1. The lowest BCUT2D eigenvalue weighted by molar-refractivity contribution is -0.137. The van der Waals surface area contributed by atoms with E-state index in [1.807, 2.05) is 0 Å². The molecule has 0 atom stereocenters. The molecule has 19 heavy (non-hydrogen) atoms. The fourth-order valence-electron chi connectivity index (χ4n) is 1.11. The molecule has 0 bridgehead atoms. The molecular weight excluding hydrogens is 367 g/mol. The van der Waals surface area contributed by atoms with E-state index in [4.69, 9.17) is 11.6 Å². The van der Waals surface area contributed by atoms with Gasteiger partial charge in [-0.05, 0) is 39.8 Å². The molecule has 0 unspecified atom stereocenters. The molecule has 0 spiro atoms. The molecule has 3 nitrogen and oxygen atoms in total. The molecule has 2 heterocycles. The Labute approximate surface area is 123 Å². The van der Waals surface area contributed by atoms with E-state index in [1.54, 1.807) is 0 Å². The molecule has 2 rings (SSSR count). The molecule has 100 valence electrons. The van der Waals surface area contributed by atoms with Crippen LogP contribution in [0.4, 0.5) is 13.2 Å². The van der Waals surface area contributed by atoms with Crippen molar-refractivity contribution >= 4 is 39.3 Å². The average Bonchev–Trinajstić information content (AvgIpc) is 2.35. The van der Waals surface area contributed by atoms with Crippen molar-refractivity contribution in [2.75, 3.05) is 0 Å². The second-order valence-electron chi connectivity index (χ2n) is 3.27. The predicted octanol–water partition coefficient (Wildman–Crippen LogP) is 4.46. The summed E-state index contributed by atoms with van der Waals surface area (Å²) in [5.41, 5.74) is -0.795. The van der Waals surface area contributed by atoms with E-state index in [0.717, 1.165) is 24.0 Å². The van der Waals surface area contributed by atoms with Gasteiger partial charge in [0.1, 0.15) is 21.5 Å². The van der Waals surface area contributed by atoms with Crippen molar-refractivity contribution < 1.29 is 13.2 Å². The number of pyridine rings is 1. The van der Waals surface area contributed by atoms with Crippen LogP contribution in [0.25, 0.3) is 0 Å². The molecule has 9 heteroatoms. The fourth-order valence-corrected chi connectivity index (χ4v) is 2.47. The Morgan fingerprint density at radius 3 is 2.47 bits per heavy atom. The maximum absolute atomic E-state index is 12.4. The Kier molecular flexibility index (Phi) is 4.32. The monoisotopic (exact) mass is 369 g/mol. The van der Waals surface area contributed by atoms with Gasteiger partial charge in [-0.1, -0.05) is 11.6 Å². The van der Waals surface area contributed by atoms with Crippen LogP contribution in [0.15, 0.2) is 39.2 Å². The molecule has 2 aromatic rings. The van der Waals surface area contributed by atoms with Crippen molar-refractivity contribution in [1.82, 2.24) is 15.0 Å². The summed E-state index contributed by atoms with van der Waals surface area (Å²) in [6.45, 7) is 0. The first-order valence-corrected chi connectivity index (χ1v) is 6.74. The van der Waals surface area contributed by atoms with Gasteiger partial charge in [-0.15, -0.1) is 0 Å². The second kappa shape index (κ2) is 5.64.